The van der Waals surface area contributed by atoms with E-state index in [9.17, 15) is 9.59 Å². The molecule has 1 aliphatic heterocycles. The fourth-order valence-electron chi connectivity index (χ4n) is 2.83. The molecule has 1 saturated heterocycles. The van der Waals surface area contributed by atoms with Crippen molar-refractivity contribution in [1.82, 2.24) is 16.0 Å². The predicted molar refractivity (Wildman–Crippen MR) is 75.2 cm³/mol. The Morgan fingerprint density at radius 3 is 2.70 bits per heavy atom. The highest BCUT2D eigenvalue weighted by atomic mass is 16.5. The second-order valence-corrected chi connectivity index (χ2v) is 5.63. The van der Waals surface area contributed by atoms with E-state index in [0.29, 0.717) is 13.2 Å². The standard InChI is InChI=1S/C14H25N3O3/c1-10-13(15-7-8-20-10)14(19)16-9-12(18)17-11-5-3-2-4-6-11/h10-11,13,15H,2-9H2,1H3,(H,16,19)(H,17,18)/t10-,13+/m1/s1. The lowest BCUT2D eigenvalue weighted by Gasteiger charge is -2.29. The van der Waals surface area contributed by atoms with Crippen LogP contribution in [-0.2, 0) is 14.3 Å². The Morgan fingerprint density at radius 1 is 1.25 bits per heavy atom. The van der Waals surface area contributed by atoms with Crippen LogP contribution in [-0.4, -0.2) is 49.7 Å². The largest absolute Gasteiger partial charge is 0.375 e. The van der Waals surface area contributed by atoms with Crippen molar-refractivity contribution in [2.45, 2.75) is 57.2 Å². The van der Waals surface area contributed by atoms with Crippen molar-refractivity contribution in [3.05, 3.63) is 0 Å². The van der Waals surface area contributed by atoms with Gasteiger partial charge < -0.3 is 20.7 Å². The number of carbonyl (C=O) groups excluding carboxylic acids is 2. The zero-order chi connectivity index (χ0) is 14.4. The molecular weight excluding hydrogens is 258 g/mol. The highest BCUT2D eigenvalue weighted by molar-refractivity contribution is 5.87. The summed E-state index contributed by atoms with van der Waals surface area (Å²) < 4.78 is 5.42. The van der Waals surface area contributed by atoms with Crippen LogP contribution in [0, 0.1) is 0 Å². The molecule has 0 aromatic carbocycles. The van der Waals surface area contributed by atoms with Crippen molar-refractivity contribution < 1.29 is 14.3 Å². The van der Waals surface area contributed by atoms with Crippen LogP contribution in [0.5, 0.6) is 0 Å². The molecule has 0 bridgehead atoms. The smallest absolute Gasteiger partial charge is 0.240 e. The van der Waals surface area contributed by atoms with Crippen LogP contribution in [0.2, 0.25) is 0 Å². The Kier molecular flexibility index (Phi) is 5.79. The van der Waals surface area contributed by atoms with Gasteiger partial charge in [-0.05, 0) is 19.8 Å². The average Bonchev–Trinajstić information content (AvgIpc) is 2.46. The molecule has 0 aromatic rings. The molecular formula is C14H25N3O3. The van der Waals surface area contributed by atoms with E-state index in [1.165, 1.54) is 19.3 Å². The van der Waals surface area contributed by atoms with E-state index >= 15 is 0 Å². The van der Waals surface area contributed by atoms with Crippen molar-refractivity contribution in [3.63, 3.8) is 0 Å². The van der Waals surface area contributed by atoms with E-state index in [1.54, 1.807) is 0 Å². The van der Waals surface area contributed by atoms with Crippen molar-refractivity contribution in [3.8, 4) is 0 Å². The first-order valence-corrected chi connectivity index (χ1v) is 7.59. The lowest BCUT2D eigenvalue weighted by Crippen LogP contribution is -2.56. The van der Waals surface area contributed by atoms with Crippen LogP contribution in [0.25, 0.3) is 0 Å². The van der Waals surface area contributed by atoms with Crippen molar-refractivity contribution >= 4 is 11.8 Å². The fraction of sp³-hybridized carbons (Fsp3) is 0.857. The van der Waals surface area contributed by atoms with E-state index in [0.717, 1.165) is 12.8 Å². The highest BCUT2D eigenvalue weighted by Gasteiger charge is 2.28. The normalized spacial score (nSPS) is 27.9. The Morgan fingerprint density at radius 2 is 2.00 bits per heavy atom. The molecule has 1 heterocycles. The molecule has 0 aromatic heterocycles. The van der Waals surface area contributed by atoms with Gasteiger partial charge in [0.05, 0.1) is 19.3 Å². The van der Waals surface area contributed by atoms with Gasteiger partial charge in [-0.1, -0.05) is 19.3 Å². The number of rotatable bonds is 4. The summed E-state index contributed by atoms with van der Waals surface area (Å²) in [5.41, 5.74) is 0. The number of amides is 2. The summed E-state index contributed by atoms with van der Waals surface area (Å²) in [6.45, 7) is 3.18. The van der Waals surface area contributed by atoms with Gasteiger partial charge in [0.1, 0.15) is 6.04 Å². The number of hydrogen-bond acceptors (Lipinski definition) is 4. The van der Waals surface area contributed by atoms with Gasteiger partial charge in [-0.25, -0.2) is 0 Å². The molecule has 2 aliphatic rings. The first kappa shape index (κ1) is 15.3. The molecule has 2 fully saturated rings. The molecule has 1 saturated carbocycles. The van der Waals surface area contributed by atoms with Crippen LogP contribution in [0.15, 0.2) is 0 Å². The van der Waals surface area contributed by atoms with E-state index in [2.05, 4.69) is 16.0 Å². The summed E-state index contributed by atoms with van der Waals surface area (Å²) in [7, 11) is 0. The zero-order valence-corrected chi connectivity index (χ0v) is 12.1. The molecule has 1 aliphatic carbocycles. The average molecular weight is 283 g/mol. The van der Waals surface area contributed by atoms with Gasteiger partial charge in [-0.15, -0.1) is 0 Å². The molecule has 2 amide bonds. The molecule has 114 valence electrons. The monoisotopic (exact) mass is 283 g/mol. The summed E-state index contributed by atoms with van der Waals surface area (Å²) in [5.74, 6) is -0.273. The maximum Gasteiger partial charge on any atom is 0.240 e. The summed E-state index contributed by atoms with van der Waals surface area (Å²) in [6, 6.07) is -0.0885. The number of morpholine rings is 1. The van der Waals surface area contributed by atoms with Crippen LogP contribution < -0.4 is 16.0 Å². The van der Waals surface area contributed by atoms with Crippen LogP contribution in [0.3, 0.4) is 0 Å². The van der Waals surface area contributed by atoms with E-state index in [4.69, 9.17) is 4.74 Å². The molecule has 20 heavy (non-hydrogen) atoms. The first-order chi connectivity index (χ1) is 9.66. The second-order valence-electron chi connectivity index (χ2n) is 5.63. The van der Waals surface area contributed by atoms with Gasteiger partial charge in [-0.3, -0.25) is 9.59 Å². The van der Waals surface area contributed by atoms with Gasteiger partial charge in [0, 0.05) is 12.6 Å². The third kappa shape index (κ3) is 4.45. The van der Waals surface area contributed by atoms with Crippen molar-refractivity contribution in [2.75, 3.05) is 19.7 Å². The number of ether oxygens (including phenoxy) is 1. The second kappa shape index (κ2) is 7.59. The van der Waals surface area contributed by atoms with Gasteiger partial charge in [0.15, 0.2) is 0 Å². The minimum atomic E-state index is -0.369. The summed E-state index contributed by atoms with van der Waals surface area (Å²) in [5, 5.41) is 8.77. The van der Waals surface area contributed by atoms with Crippen LogP contribution >= 0.6 is 0 Å². The molecule has 2 rings (SSSR count). The Hall–Kier alpha value is -1.14. The maximum absolute atomic E-state index is 12.0. The highest BCUT2D eigenvalue weighted by Crippen LogP contribution is 2.17. The number of hydrogen-bond donors (Lipinski definition) is 3. The maximum atomic E-state index is 12.0. The van der Waals surface area contributed by atoms with Gasteiger partial charge in [0.2, 0.25) is 11.8 Å². The topological polar surface area (TPSA) is 79.5 Å². The van der Waals surface area contributed by atoms with Crippen LogP contribution in [0.4, 0.5) is 0 Å². The predicted octanol–water partition coefficient (Wildman–Crippen LogP) is -0.0716. The lowest BCUT2D eigenvalue weighted by molar-refractivity contribution is -0.131. The van der Waals surface area contributed by atoms with Gasteiger partial charge in [-0.2, -0.15) is 0 Å². The first-order valence-electron chi connectivity index (χ1n) is 7.59. The molecule has 0 unspecified atom stereocenters. The summed E-state index contributed by atoms with van der Waals surface area (Å²) in [6.07, 6.45) is 5.55. The number of carbonyl (C=O) groups is 2. The molecule has 0 radical (unpaired) electrons. The van der Waals surface area contributed by atoms with Gasteiger partial charge in [0.25, 0.3) is 0 Å². The van der Waals surface area contributed by atoms with Gasteiger partial charge >= 0.3 is 0 Å². The summed E-state index contributed by atoms with van der Waals surface area (Å²) >= 11 is 0. The van der Waals surface area contributed by atoms with Crippen molar-refractivity contribution in [1.29, 1.82) is 0 Å². The SMILES string of the molecule is C[C@H]1OCCN[C@@H]1C(=O)NCC(=O)NC1CCCCC1. The molecule has 3 N–H and O–H groups in total. The third-order valence-electron chi connectivity index (χ3n) is 3.99. The van der Waals surface area contributed by atoms with Crippen molar-refractivity contribution in [2.24, 2.45) is 0 Å². The fourth-order valence-corrected chi connectivity index (χ4v) is 2.83. The van der Waals surface area contributed by atoms with Crippen LogP contribution in [0.1, 0.15) is 39.0 Å². The Bertz CT molecular complexity index is 343. The number of nitrogens with one attached hydrogen (secondary N) is 3. The molecule has 6 nitrogen and oxygen atoms in total. The Balaban J connectivity index is 1.68. The molecule has 2 atom stereocenters. The van der Waals surface area contributed by atoms with E-state index in [1.807, 2.05) is 6.92 Å². The minimum Gasteiger partial charge on any atom is -0.375 e. The van der Waals surface area contributed by atoms with E-state index in [-0.39, 0.29) is 36.5 Å². The quantitative estimate of drug-likeness (QED) is 0.675. The van der Waals surface area contributed by atoms with E-state index < -0.39 is 0 Å². The third-order valence-corrected chi connectivity index (χ3v) is 3.99. The summed E-state index contributed by atoms with van der Waals surface area (Å²) in [4.78, 5) is 23.8. The minimum absolute atomic E-state index is 0.0419. The Labute approximate surface area is 120 Å². The molecule has 6 heteroatoms. The molecule has 0 spiro atoms. The lowest BCUT2D eigenvalue weighted by atomic mass is 9.95. The zero-order valence-electron chi connectivity index (χ0n) is 12.1.